The van der Waals surface area contributed by atoms with E-state index in [-0.39, 0.29) is 11.6 Å². The van der Waals surface area contributed by atoms with Crippen molar-refractivity contribution in [2.45, 2.75) is 55.6 Å². The van der Waals surface area contributed by atoms with Gasteiger partial charge in [-0.25, -0.2) is 29.9 Å². The second-order valence-electron chi connectivity index (χ2n) is 20.2. The second kappa shape index (κ2) is 17.1. The van der Waals surface area contributed by atoms with Crippen LogP contribution in [0, 0.1) is 0 Å². The minimum atomic E-state index is -0.697. The molecule has 6 aromatic heterocycles. The largest absolute Gasteiger partial charge is 0.383 e. The van der Waals surface area contributed by atoms with Crippen LogP contribution < -0.4 is 27.4 Å². The predicted octanol–water partition coefficient (Wildman–Crippen LogP) is 10.4. The number of benzene rings is 4. The molecule has 10 aromatic rings. The highest BCUT2D eigenvalue weighted by Gasteiger charge is 2.45. The van der Waals surface area contributed by atoms with E-state index in [1.165, 1.54) is 12.1 Å². The van der Waals surface area contributed by atoms with Gasteiger partial charge in [-0.3, -0.25) is 9.13 Å². The summed E-state index contributed by atoms with van der Waals surface area (Å²) in [5.74, 6) is 2.47. The number of nitrogen functional groups attached to an aromatic ring is 1. The molecule has 4 aliphatic rings. The van der Waals surface area contributed by atoms with Crippen molar-refractivity contribution < 1.29 is 4.58 Å². The van der Waals surface area contributed by atoms with E-state index in [0.29, 0.717) is 23.1 Å². The van der Waals surface area contributed by atoms with Crippen molar-refractivity contribution >= 4 is 51.6 Å². The number of pyridine rings is 4. The number of imidazole rings is 2. The number of anilines is 3. The van der Waals surface area contributed by atoms with Crippen LogP contribution in [0.1, 0.15) is 49.7 Å². The molecule has 1 saturated heterocycles. The number of nitrogens with one attached hydrogen (secondary N) is 1. The van der Waals surface area contributed by atoms with Crippen molar-refractivity contribution in [3.63, 3.8) is 0 Å². The van der Waals surface area contributed by atoms with Gasteiger partial charge in [-0.05, 0) is 135 Å². The van der Waals surface area contributed by atoms with E-state index < -0.39 is 5.54 Å². The quantitative estimate of drug-likeness (QED) is 0.0855. The molecule has 2 saturated carbocycles. The maximum atomic E-state index is 7.50. The molecular formula is C60H53N14+. The van der Waals surface area contributed by atoms with E-state index in [2.05, 4.69) is 144 Å². The van der Waals surface area contributed by atoms with Crippen LogP contribution >= 0.6 is 0 Å². The van der Waals surface area contributed by atoms with Gasteiger partial charge in [0.05, 0.1) is 34.1 Å². The van der Waals surface area contributed by atoms with Gasteiger partial charge in [0.15, 0.2) is 35.4 Å². The van der Waals surface area contributed by atoms with E-state index in [0.717, 1.165) is 130 Å². The first kappa shape index (κ1) is 43.9. The first-order valence-corrected chi connectivity index (χ1v) is 25.5. The molecular weight excluding hydrogens is 917 g/mol. The van der Waals surface area contributed by atoms with Gasteiger partial charge in [0.1, 0.15) is 22.7 Å². The molecule has 14 heteroatoms. The van der Waals surface area contributed by atoms with Crippen LogP contribution in [0.25, 0.3) is 79.0 Å². The molecule has 2 aliphatic carbocycles. The number of allylic oxidation sites excluding steroid dienone is 1. The lowest BCUT2D eigenvalue weighted by Crippen LogP contribution is -2.59. The van der Waals surface area contributed by atoms with E-state index in [1.54, 1.807) is 6.20 Å². The lowest BCUT2D eigenvalue weighted by atomic mass is 9.68. The Hall–Kier alpha value is -8.85. The zero-order chi connectivity index (χ0) is 49.5. The zero-order valence-electron chi connectivity index (χ0n) is 40.7. The molecule has 14 rings (SSSR count). The van der Waals surface area contributed by atoms with Gasteiger partial charge in [-0.2, -0.15) is 4.58 Å². The lowest BCUT2D eigenvalue weighted by Gasteiger charge is -2.48. The number of hydrogen-bond donors (Lipinski definition) is 4. The molecule has 4 aromatic carbocycles. The van der Waals surface area contributed by atoms with Gasteiger partial charge in [0.2, 0.25) is 5.69 Å². The first-order valence-electron chi connectivity index (χ1n) is 25.5. The SMILES string of the molecule is Nc1ncccc1-c1nc2ccc(-c3cccc([N+]4=CC=C4)c3)nc2n1-c1ccc(C2(N)CCC2Nc2ncccc2-c2nc3ccc(-c4cccc(N5CCC5)c4)nc3n2-c2ccc(C3(N)CCC3)cc2)cc1. The summed E-state index contributed by atoms with van der Waals surface area (Å²) in [5, 5.41) is 3.82. The summed E-state index contributed by atoms with van der Waals surface area (Å²) in [6.07, 6.45) is 15.6. The maximum Gasteiger partial charge on any atom is 0.211 e. The van der Waals surface area contributed by atoms with Crippen molar-refractivity contribution in [2.75, 3.05) is 29.0 Å². The summed E-state index contributed by atoms with van der Waals surface area (Å²) in [5.41, 5.74) is 34.5. The van der Waals surface area contributed by atoms with Crippen LogP contribution in [0.5, 0.6) is 0 Å². The summed E-state index contributed by atoms with van der Waals surface area (Å²) >= 11 is 0. The molecule has 3 fully saturated rings. The van der Waals surface area contributed by atoms with Crippen LogP contribution in [-0.4, -0.2) is 69.0 Å². The first-order chi connectivity index (χ1) is 36.3. The van der Waals surface area contributed by atoms with Crippen LogP contribution in [0.15, 0.2) is 170 Å². The Morgan fingerprint density at radius 1 is 0.581 bits per heavy atom. The van der Waals surface area contributed by atoms with Crippen LogP contribution in [0.3, 0.4) is 0 Å². The molecule has 0 amide bonds. The van der Waals surface area contributed by atoms with E-state index in [4.69, 9.17) is 42.1 Å². The van der Waals surface area contributed by atoms with Crippen molar-refractivity contribution in [3.05, 3.63) is 181 Å². The standard InChI is InChI=1S/C60H53N14/c61-53-46(12-3-30-64-53)55-68-50-24-22-48(38-8-1-10-44(36-38)71-32-6-33-71)66-57(50)73(55)43-20-16-41(17-21-43)60(63)29-26-52(60)70-54-47(13-4-31-65-54)56-69-51-25-23-49(39-9-2-11-45(37-39)72-34-7-35-72)67-58(51)74(56)42-18-14-40(15-19-42)59(62)27-5-28-59/h1-4,6,8-25,30-33,36-37,52H,5,7,26-29,34-35,62-63H2,(H2,61,64)(H,65,70)/q+1. The highest BCUT2D eigenvalue weighted by Crippen LogP contribution is 2.44. The molecule has 14 nitrogen and oxygen atoms in total. The summed E-state index contributed by atoms with van der Waals surface area (Å²) in [6, 6.07) is 50.0. The molecule has 0 radical (unpaired) electrons. The fraction of sp³-hybridized carbons (Fsp3) is 0.183. The molecule has 2 unspecified atom stereocenters. The lowest BCUT2D eigenvalue weighted by molar-refractivity contribution is -0.364. The monoisotopic (exact) mass is 969 g/mol. The average Bonchev–Trinajstić information content (AvgIpc) is 3.97. The van der Waals surface area contributed by atoms with Crippen LogP contribution in [0.2, 0.25) is 0 Å². The average molecular weight is 970 g/mol. The summed E-state index contributed by atoms with van der Waals surface area (Å²) in [6.45, 7) is 2.15. The van der Waals surface area contributed by atoms with Gasteiger partial charge in [-0.15, -0.1) is 0 Å². The predicted molar refractivity (Wildman–Crippen MR) is 294 cm³/mol. The molecule has 8 heterocycles. The third-order valence-electron chi connectivity index (χ3n) is 15.8. The fourth-order valence-electron chi connectivity index (χ4n) is 11.0. The van der Waals surface area contributed by atoms with Crippen LogP contribution in [-0.2, 0) is 11.1 Å². The molecule has 2 atom stereocenters. The fourth-order valence-corrected chi connectivity index (χ4v) is 11.0. The Morgan fingerprint density at radius 3 is 1.78 bits per heavy atom. The molecule has 0 bridgehead atoms. The van der Waals surface area contributed by atoms with E-state index in [9.17, 15) is 0 Å². The smallest absolute Gasteiger partial charge is 0.211 e. The van der Waals surface area contributed by atoms with E-state index >= 15 is 0 Å². The summed E-state index contributed by atoms with van der Waals surface area (Å²) in [4.78, 5) is 32.9. The Kier molecular flexibility index (Phi) is 10.2. The zero-order valence-corrected chi connectivity index (χ0v) is 40.7. The number of nitrogens with zero attached hydrogens (tertiary/aromatic N) is 10. The molecule has 74 heavy (non-hydrogen) atoms. The number of aromatic nitrogens is 8. The summed E-state index contributed by atoms with van der Waals surface area (Å²) < 4.78 is 6.31. The maximum absolute atomic E-state index is 7.50. The Bertz CT molecular complexity index is 3900. The van der Waals surface area contributed by atoms with Crippen molar-refractivity contribution in [1.29, 1.82) is 0 Å². The van der Waals surface area contributed by atoms with Crippen molar-refractivity contribution in [2.24, 2.45) is 11.5 Å². The van der Waals surface area contributed by atoms with Gasteiger partial charge < -0.3 is 27.4 Å². The second-order valence-corrected chi connectivity index (χ2v) is 20.2. The number of fused-ring (bicyclic) bond motifs is 2. The molecule has 7 N–H and O–H groups in total. The van der Waals surface area contributed by atoms with Gasteiger partial charge in [0.25, 0.3) is 0 Å². The minimum Gasteiger partial charge on any atom is -0.383 e. The topological polar surface area (TPSA) is 184 Å². The number of hydrogen-bond acceptors (Lipinski definition) is 11. The van der Waals surface area contributed by atoms with Crippen LogP contribution in [0.4, 0.5) is 23.0 Å². The molecule has 362 valence electrons. The normalized spacial score (nSPS) is 18.6. The van der Waals surface area contributed by atoms with Gasteiger partial charge in [0, 0.05) is 77.4 Å². The molecule has 0 spiro atoms. The van der Waals surface area contributed by atoms with Gasteiger partial charge in [-0.1, -0.05) is 48.5 Å². The Labute approximate surface area is 427 Å². The third-order valence-corrected chi connectivity index (χ3v) is 15.8. The number of nitrogens with two attached hydrogens (primary N) is 3. The Morgan fingerprint density at radius 2 is 1.20 bits per heavy atom. The van der Waals surface area contributed by atoms with Gasteiger partial charge >= 0.3 is 0 Å². The minimum absolute atomic E-state index is 0.130. The highest BCUT2D eigenvalue weighted by molar-refractivity contribution is 5.87. The third kappa shape index (κ3) is 7.27. The Balaban J connectivity index is 0.810. The summed E-state index contributed by atoms with van der Waals surface area (Å²) in [7, 11) is 0. The molecule has 2 aliphatic heterocycles. The highest BCUT2D eigenvalue weighted by atomic mass is 15.2. The number of rotatable bonds is 12. The van der Waals surface area contributed by atoms with Crippen molar-refractivity contribution in [3.8, 4) is 56.7 Å². The van der Waals surface area contributed by atoms with Crippen molar-refractivity contribution in [1.82, 2.24) is 39.0 Å². The van der Waals surface area contributed by atoms with E-state index in [1.807, 2.05) is 55.0 Å².